The Morgan fingerprint density at radius 3 is 2.89 bits per heavy atom. The predicted molar refractivity (Wildman–Crippen MR) is 80.8 cm³/mol. The molecule has 0 radical (unpaired) electrons. The molecule has 1 heterocycles. The molecule has 0 unspecified atom stereocenters. The number of nitrogens with two attached hydrogens (primary N) is 1. The number of allylic oxidation sites excluding steroid dienone is 1. The van der Waals surface area contributed by atoms with Crippen molar-refractivity contribution < 1.29 is 4.74 Å². The maximum Gasteiger partial charge on any atom is 0.140 e. The second-order valence-corrected chi connectivity index (χ2v) is 4.88. The average Bonchev–Trinajstić information content (AvgIpc) is 2.39. The molecule has 0 aliphatic heterocycles. The van der Waals surface area contributed by atoms with E-state index in [4.69, 9.17) is 22.1 Å². The van der Waals surface area contributed by atoms with E-state index in [1.54, 1.807) is 25.6 Å². The summed E-state index contributed by atoms with van der Waals surface area (Å²) in [7, 11) is 1.58. The van der Waals surface area contributed by atoms with E-state index in [-0.39, 0.29) is 0 Å². The first kappa shape index (κ1) is 15.5. The highest BCUT2D eigenvalue weighted by Crippen LogP contribution is 2.29. The zero-order chi connectivity index (χ0) is 14.3. The maximum absolute atomic E-state index is 6.10. The first-order valence-electron chi connectivity index (χ1n) is 6.20. The molecule has 0 fully saturated rings. The van der Waals surface area contributed by atoms with Crippen molar-refractivity contribution in [2.75, 3.05) is 13.7 Å². The van der Waals surface area contributed by atoms with Crippen LogP contribution in [0.4, 0.5) is 0 Å². The first-order chi connectivity index (χ1) is 9.10. The van der Waals surface area contributed by atoms with Crippen LogP contribution in [0.5, 0.6) is 5.75 Å². The Bertz CT molecular complexity index is 470. The maximum atomic E-state index is 6.10. The van der Waals surface area contributed by atoms with Gasteiger partial charge in [-0.1, -0.05) is 25.4 Å². The normalized spacial score (nSPS) is 12.4. The minimum absolute atomic E-state index is 0.353. The molecule has 5 heteroatoms. The van der Waals surface area contributed by atoms with E-state index >= 15 is 0 Å². The molecular formula is C14H20ClN3O. The van der Waals surface area contributed by atoms with Gasteiger partial charge in [-0.2, -0.15) is 0 Å². The Kier molecular flexibility index (Phi) is 6.36. The van der Waals surface area contributed by atoms with Crippen molar-refractivity contribution >= 4 is 23.4 Å². The summed E-state index contributed by atoms with van der Waals surface area (Å²) in [6.07, 6.45) is 5.80. The molecule has 1 rings (SSSR count). The summed E-state index contributed by atoms with van der Waals surface area (Å²) < 4.78 is 5.27. The van der Waals surface area contributed by atoms with Crippen LogP contribution in [-0.2, 0) is 0 Å². The number of rotatable bonds is 6. The number of methoxy groups -OCH3 is 1. The van der Waals surface area contributed by atoms with Crippen molar-refractivity contribution in [1.82, 2.24) is 4.98 Å². The molecule has 0 saturated carbocycles. The summed E-state index contributed by atoms with van der Waals surface area (Å²) in [5.41, 5.74) is 7.02. The molecule has 19 heavy (non-hydrogen) atoms. The Morgan fingerprint density at radius 1 is 1.58 bits per heavy atom. The molecule has 104 valence electrons. The Labute approximate surface area is 119 Å². The summed E-state index contributed by atoms with van der Waals surface area (Å²) in [5.74, 6) is 1.26. The van der Waals surface area contributed by atoms with Gasteiger partial charge in [0.25, 0.3) is 0 Å². The summed E-state index contributed by atoms with van der Waals surface area (Å²) in [6.45, 7) is 5.08. The Morgan fingerprint density at radius 2 is 2.32 bits per heavy atom. The largest absolute Gasteiger partial charge is 0.496 e. The quantitative estimate of drug-likeness (QED) is 0.643. The molecule has 1 aromatic heterocycles. The zero-order valence-corrected chi connectivity index (χ0v) is 12.3. The minimum atomic E-state index is 0.353. The van der Waals surface area contributed by atoms with Crippen molar-refractivity contribution in [1.29, 1.82) is 0 Å². The van der Waals surface area contributed by atoms with E-state index in [1.807, 2.05) is 0 Å². The highest BCUT2D eigenvalue weighted by atomic mass is 35.5. The molecule has 1 aromatic rings. The molecule has 0 spiro atoms. The lowest BCUT2D eigenvalue weighted by Crippen LogP contribution is -1.99. The van der Waals surface area contributed by atoms with Crippen LogP contribution >= 0.6 is 11.6 Å². The first-order valence-corrected chi connectivity index (χ1v) is 6.58. The molecule has 0 bridgehead atoms. The lowest BCUT2D eigenvalue weighted by atomic mass is 10.1. The number of nitrogens with zero attached hydrogens (tertiary/aromatic N) is 2. The van der Waals surface area contributed by atoms with Gasteiger partial charge in [0.2, 0.25) is 0 Å². The van der Waals surface area contributed by atoms with Gasteiger partial charge < -0.3 is 10.5 Å². The third kappa shape index (κ3) is 4.56. The van der Waals surface area contributed by atoms with Crippen LogP contribution in [0.15, 0.2) is 23.5 Å². The molecule has 0 aliphatic carbocycles. The number of pyridine rings is 1. The van der Waals surface area contributed by atoms with E-state index < -0.39 is 0 Å². The van der Waals surface area contributed by atoms with Crippen LogP contribution < -0.4 is 10.5 Å². The van der Waals surface area contributed by atoms with Crippen LogP contribution in [0, 0.1) is 5.92 Å². The zero-order valence-electron chi connectivity index (χ0n) is 11.6. The smallest absolute Gasteiger partial charge is 0.140 e. The van der Waals surface area contributed by atoms with E-state index in [0.29, 0.717) is 28.0 Å². The number of hydrogen-bond donors (Lipinski definition) is 1. The molecule has 0 saturated heterocycles. The number of hydrogen-bond acceptors (Lipinski definition) is 4. The number of halogens is 1. The van der Waals surface area contributed by atoms with Gasteiger partial charge in [-0.25, -0.2) is 4.98 Å². The van der Waals surface area contributed by atoms with Crippen molar-refractivity contribution in [2.24, 2.45) is 16.6 Å². The van der Waals surface area contributed by atoms with Crippen LogP contribution in [0.3, 0.4) is 0 Å². The summed E-state index contributed by atoms with van der Waals surface area (Å²) in [5, 5.41) is 0.353. The minimum Gasteiger partial charge on any atom is -0.496 e. The second kappa shape index (κ2) is 7.79. The van der Waals surface area contributed by atoms with Crippen molar-refractivity contribution in [3.8, 4) is 5.75 Å². The average molecular weight is 282 g/mol. The van der Waals surface area contributed by atoms with Crippen molar-refractivity contribution in [2.45, 2.75) is 20.3 Å². The topological polar surface area (TPSA) is 60.5 Å². The molecule has 4 nitrogen and oxygen atoms in total. The van der Waals surface area contributed by atoms with Gasteiger partial charge in [0.1, 0.15) is 10.9 Å². The standard InChI is InChI=1S/C14H20ClN3O/c1-10(2)4-6-17-9-11(8-16)13-12(19-3)5-7-18-14(13)15/h5,7-10H,4,6,16H2,1-3H3/b11-8+,17-9?. The fourth-order valence-corrected chi connectivity index (χ4v) is 1.80. The van der Waals surface area contributed by atoms with Gasteiger partial charge in [-0.05, 0) is 18.4 Å². The van der Waals surface area contributed by atoms with E-state index in [2.05, 4.69) is 23.8 Å². The van der Waals surface area contributed by atoms with Crippen molar-refractivity contribution in [3.63, 3.8) is 0 Å². The summed E-state index contributed by atoms with van der Waals surface area (Å²) in [4.78, 5) is 8.40. The molecule has 0 aliphatic rings. The van der Waals surface area contributed by atoms with Gasteiger partial charge in [0.15, 0.2) is 0 Å². The van der Waals surface area contributed by atoms with Crippen LogP contribution in [0.2, 0.25) is 5.15 Å². The molecule has 0 aromatic carbocycles. The van der Waals surface area contributed by atoms with Gasteiger partial charge >= 0.3 is 0 Å². The number of ether oxygens (including phenoxy) is 1. The number of aliphatic imine (C=N–C) groups is 1. The Balaban J connectivity index is 2.93. The van der Waals surface area contributed by atoms with E-state index in [0.717, 1.165) is 13.0 Å². The predicted octanol–water partition coefficient (Wildman–Crippen LogP) is 3.16. The molecule has 0 atom stereocenters. The van der Waals surface area contributed by atoms with E-state index in [9.17, 15) is 0 Å². The third-order valence-electron chi connectivity index (χ3n) is 2.62. The van der Waals surface area contributed by atoms with E-state index in [1.165, 1.54) is 6.20 Å². The van der Waals surface area contributed by atoms with Crippen molar-refractivity contribution in [3.05, 3.63) is 29.2 Å². The summed E-state index contributed by atoms with van der Waals surface area (Å²) >= 11 is 6.10. The van der Waals surface area contributed by atoms with Gasteiger partial charge in [0, 0.05) is 30.7 Å². The van der Waals surface area contributed by atoms with Gasteiger partial charge in [-0.15, -0.1) is 0 Å². The highest BCUT2D eigenvalue weighted by molar-refractivity contribution is 6.33. The fourth-order valence-electron chi connectivity index (χ4n) is 1.54. The number of aromatic nitrogens is 1. The van der Waals surface area contributed by atoms with Crippen LogP contribution in [0.1, 0.15) is 25.8 Å². The molecule has 0 amide bonds. The fraction of sp³-hybridized carbons (Fsp3) is 0.429. The molecular weight excluding hydrogens is 262 g/mol. The SMILES string of the molecule is COc1ccnc(Cl)c1/C(C=NCCC(C)C)=C/N. The highest BCUT2D eigenvalue weighted by Gasteiger charge is 2.12. The third-order valence-corrected chi connectivity index (χ3v) is 2.91. The van der Waals surface area contributed by atoms with Gasteiger partial charge in [0.05, 0.1) is 12.7 Å². The van der Waals surface area contributed by atoms with Gasteiger partial charge in [-0.3, -0.25) is 4.99 Å². The monoisotopic (exact) mass is 281 g/mol. The lowest BCUT2D eigenvalue weighted by molar-refractivity contribution is 0.413. The Hall–Kier alpha value is -1.55. The van der Waals surface area contributed by atoms with Crippen LogP contribution in [-0.4, -0.2) is 24.9 Å². The summed E-state index contributed by atoms with van der Waals surface area (Å²) in [6, 6.07) is 1.74. The molecule has 2 N–H and O–H groups in total. The second-order valence-electron chi connectivity index (χ2n) is 4.52. The van der Waals surface area contributed by atoms with Crippen LogP contribution in [0.25, 0.3) is 5.57 Å². The lowest BCUT2D eigenvalue weighted by Gasteiger charge is -2.09.